The van der Waals surface area contributed by atoms with E-state index in [0.717, 1.165) is 32.1 Å². The van der Waals surface area contributed by atoms with Crippen LogP contribution in [-0.2, 0) is 41.8 Å². The highest BCUT2D eigenvalue weighted by Gasteiger charge is 2.54. The van der Waals surface area contributed by atoms with Crippen LogP contribution in [0.3, 0.4) is 0 Å². The number of hydrogen-bond acceptors (Lipinski definition) is 14. The lowest BCUT2D eigenvalue weighted by Gasteiger charge is -2.43. The summed E-state index contributed by atoms with van der Waals surface area (Å²) in [6, 6.07) is 0. The maximum Gasteiger partial charge on any atom is 0.472 e. The normalized spacial score (nSPS) is 21.1. The summed E-state index contributed by atoms with van der Waals surface area (Å²) in [5, 5.41) is 41.1. The predicted octanol–water partition coefficient (Wildman–Crippen LogP) is 4.88. The van der Waals surface area contributed by atoms with Crippen LogP contribution in [0.25, 0.3) is 0 Å². The molecule has 0 saturated heterocycles. The lowest BCUT2D eigenvalue weighted by molar-refractivity contribution is -0.216. The monoisotopic (exact) mass is 863 g/mol. The van der Waals surface area contributed by atoms with E-state index in [4.69, 9.17) is 34.7 Å². The largest absolute Gasteiger partial charge is 0.472 e. The number of ether oxygens (including phenoxy) is 2. The van der Waals surface area contributed by atoms with E-state index in [1.165, 1.54) is 44.9 Å². The highest BCUT2D eigenvalue weighted by atomic mass is 31.2. The van der Waals surface area contributed by atoms with Crippen LogP contribution in [0.2, 0.25) is 0 Å². The van der Waals surface area contributed by atoms with Crippen LogP contribution in [0.5, 0.6) is 0 Å². The average Bonchev–Trinajstić information content (AvgIpc) is 3.14. The van der Waals surface area contributed by atoms with Crippen LogP contribution < -0.4 is 6.15 Å². The highest BCUT2D eigenvalue weighted by Crippen LogP contribution is 2.48. The zero-order valence-corrected chi connectivity index (χ0v) is 33.6. The molecule has 10 N–H and O–H groups in total. The molecule has 0 bridgehead atoms. The number of phosphoric ester groups is 2. The van der Waals surface area contributed by atoms with Crippen molar-refractivity contribution >= 4 is 27.6 Å². The summed E-state index contributed by atoms with van der Waals surface area (Å²) in [6.45, 7) is 0.543. The third-order valence-electron chi connectivity index (χ3n) is 7.90. The Balaban J connectivity index is -0.000000261. The van der Waals surface area contributed by atoms with E-state index in [9.17, 15) is 44.0 Å². The number of hydrogen-bond donors (Lipinski definition) is 8. The predicted molar refractivity (Wildman–Crippen MR) is 229 cm³/mol. The molecule has 0 amide bonds. The number of carbonyl (C=O) groups is 2. The first kappa shape index (κ1) is 53.3. The molecule has 0 aromatic heterocycles. The van der Waals surface area contributed by atoms with Gasteiger partial charge in [0.15, 0.2) is 6.10 Å². The summed E-state index contributed by atoms with van der Waals surface area (Å²) >= 11 is 0. The lowest BCUT2D eigenvalue weighted by atomic mass is 9.85. The third-order valence-corrected chi connectivity index (χ3v) is 9.41. The number of aliphatic hydroxyl groups is 4. The summed E-state index contributed by atoms with van der Waals surface area (Å²) < 4.78 is 48.1. The Morgan fingerprint density at radius 1 is 0.649 bits per heavy atom. The topological polar surface area (TPSA) is 291 Å². The van der Waals surface area contributed by atoms with Gasteiger partial charge in [-0.2, -0.15) is 0 Å². The number of unbranched alkanes of at least 4 members (excludes halogenated alkanes) is 12. The molecule has 4 unspecified atom stereocenters. The van der Waals surface area contributed by atoms with Gasteiger partial charge in [-0.15, -0.1) is 6.42 Å². The van der Waals surface area contributed by atoms with E-state index < -0.39 is 83.5 Å². The molecule has 0 aromatic carbocycles. The van der Waals surface area contributed by atoms with Gasteiger partial charge in [0.1, 0.15) is 43.2 Å². The molecule has 8 atom stereocenters. The average molecular weight is 864 g/mol. The van der Waals surface area contributed by atoms with E-state index in [-0.39, 0.29) is 28.3 Å². The van der Waals surface area contributed by atoms with Crippen LogP contribution in [0, 0.1) is 71.5 Å². The molecule has 19 heteroatoms. The Hall–Kier alpha value is -3.68. The van der Waals surface area contributed by atoms with Gasteiger partial charge in [0, 0.05) is 28.0 Å². The van der Waals surface area contributed by atoms with Gasteiger partial charge < -0.3 is 50.7 Å². The maximum atomic E-state index is 12.8. The first-order valence-corrected chi connectivity index (χ1v) is 21.1. The summed E-state index contributed by atoms with van der Waals surface area (Å²) in [5.74, 6) is 23.1. The maximum absolute atomic E-state index is 12.8. The molecule has 0 radical (unpaired) electrons. The van der Waals surface area contributed by atoms with Gasteiger partial charge in [-0.3, -0.25) is 18.4 Å². The van der Waals surface area contributed by atoms with E-state index in [2.05, 4.69) is 70.7 Å². The van der Waals surface area contributed by atoms with Crippen molar-refractivity contribution in [2.75, 3.05) is 13.2 Å². The van der Waals surface area contributed by atoms with Crippen molar-refractivity contribution in [2.24, 2.45) is 0 Å². The van der Waals surface area contributed by atoms with Crippen molar-refractivity contribution in [3.05, 3.63) is 0 Å². The molecule has 1 fully saturated rings. The fourth-order valence-electron chi connectivity index (χ4n) is 5.14. The molecule has 1 rings (SSSR count). The van der Waals surface area contributed by atoms with Crippen molar-refractivity contribution in [3.8, 4) is 71.5 Å². The molecule has 17 nitrogen and oxygen atoms in total. The minimum Gasteiger partial charge on any atom is -0.456 e. The number of esters is 2. The van der Waals surface area contributed by atoms with Crippen LogP contribution in [0.1, 0.15) is 113 Å². The highest BCUT2D eigenvalue weighted by molar-refractivity contribution is 7.47. The van der Waals surface area contributed by atoms with Crippen LogP contribution in [-0.4, -0.2) is 103 Å². The van der Waals surface area contributed by atoms with Crippen molar-refractivity contribution < 1.29 is 92.6 Å². The van der Waals surface area contributed by atoms with E-state index in [0.29, 0.717) is 6.42 Å². The van der Waals surface area contributed by atoms with Crippen LogP contribution in [0.15, 0.2) is 0 Å². The van der Waals surface area contributed by atoms with Gasteiger partial charge in [-0.1, -0.05) is 84.0 Å². The molecule has 1 saturated carbocycles. The molecule has 0 aromatic rings. The Kier molecular flexibility index (Phi) is 28.4. The minimum atomic E-state index is -5.34. The van der Waals surface area contributed by atoms with Crippen molar-refractivity contribution in [3.63, 3.8) is 0 Å². The summed E-state index contributed by atoms with van der Waals surface area (Å²) in [6.07, 6.45) is 3.91. The van der Waals surface area contributed by atoms with Crippen molar-refractivity contribution in [1.82, 2.24) is 6.15 Å². The van der Waals surface area contributed by atoms with Gasteiger partial charge in [-0.05, 0) is 65.6 Å². The number of phosphoric acid groups is 2. The first-order valence-electron chi connectivity index (χ1n) is 18.1. The fourth-order valence-corrected chi connectivity index (χ4v) is 6.68. The molecule has 0 heterocycles. The fraction of sp³-hybridized carbons (Fsp3) is 0.632. The number of rotatable bonds is 24. The number of carbonyl (C=O) groups excluding carboxylic acids is 2. The summed E-state index contributed by atoms with van der Waals surface area (Å²) in [7, 11) is -10.7. The SMILES string of the molecule is C#CC#CC#CC#CC#CC#CC(=O)OC[C@H](COP(=O)(O)OC1C(O)[C@@H](O)C(OP(=O)(O)O)[C@@H](O)[C@H]1O)OC(=O)CCCCCCCCCCCCCCC.N.[HH].[HH].[HH].[HH].[HH].[HH].[HH].[HH].[HH].[HH].[HH]. The zero-order valence-electron chi connectivity index (χ0n) is 31.8. The molecule has 0 aliphatic heterocycles. The van der Waals surface area contributed by atoms with Crippen molar-refractivity contribution in [2.45, 2.75) is 140 Å². The van der Waals surface area contributed by atoms with E-state index >= 15 is 0 Å². The van der Waals surface area contributed by atoms with Crippen LogP contribution >= 0.6 is 15.6 Å². The third kappa shape index (κ3) is 25.3. The number of aliphatic hydroxyl groups excluding tert-OH is 4. The molecule has 338 valence electrons. The Morgan fingerprint density at radius 3 is 1.53 bits per heavy atom. The van der Waals surface area contributed by atoms with Gasteiger partial charge >= 0.3 is 27.6 Å². The Morgan fingerprint density at radius 2 is 1.07 bits per heavy atom. The smallest absolute Gasteiger partial charge is 0.456 e. The molecule has 0 spiro atoms. The first-order chi connectivity index (χ1) is 26.6. The zero-order chi connectivity index (χ0) is 41.8. The van der Waals surface area contributed by atoms with Crippen LogP contribution in [0.4, 0.5) is 0 Å². The molecule has 1 aliphatic carbocycles. The summed E-state index contributed by atoms with van der Waals surface area (Å²) in [5.41, 5.74) is 0. The molecule has 57 heavy (non-hydrogen) atoms. The second kappa shape index (κ2) is 30.4. The Labute approximate surface area is 350 Å². The molecular formula is C38H75NO16P2. The number of terminal acetylenes is 1. The standard InChI is InChI=1S/C38H50O16P2.H3N.11H2/c1-3-5-7-9-11-13-15-16-17-19-21-23-25-27-32(40)52-30(28-50-31(39)26-24-22-20-18-14-12-10-8-6-4-2)29-51-56(48,49)54-38-35(43)33(41)37(34(42)36(38)44)53-55(45,46)47;;;;;;;;;;;;/h2,30,33-38,41-44H,3,5,7,9,11,13,15-17,19,21,23,25,27-29H2,1H3,(H,48,49)(H2,45,46,47);1H3;11*1H/t30-,33-,34+,35?,36-,37?,38?;;;;;;;;;;;;/m1............/s1. The minimum absolute atomic E-state index is 0. The van der Waals surface area contributed by atoms with Crippen molar-refractivity contribution in [1.29, 1.82) is 0 Å². The second-order valence-corrected chi connectivity index (χ2v) is 15.1. The molecule has 1 aliphatic rings. The van der Waals surface area contributed by atoms with E-state index in [1.54, 1.807) is 0 Å². The second-order valence-electron chi connectivity index (χ2n) is 12.5. The van der Waals surface area contributed by atoms with E-state index in [1.807, 2.05) is 5.92 Å². The van der Waals surface area contributed by atoms with Gasteiger partial charge in [0.25, 0.3) is 0 Å². The van der Waals surface area contributed by atoms with Gasteiger partial charge in [-0.25, -0.2) is 13.9 Å². The lowest BCUT2D eigenvalue weighted by Crippen LogP contribution is -2.64. The molecular weight excluding hydrogens is 788 g/mol. The Bertz CT molecular complexity index is 1730. The quantitative estimate of drug-likeness (QED) is 0.0211. The van der Waals surface area contributed by atoms with Gasteiger partial charge in [0.05, 0.1) is 6.61 Å². The summed E-state index contributed by atoms with van der Waals surface area (Å²) in [4.78, 5) is 53.2. The van der Waals surface area contributed by atoms with Gasteiger partial charge in [0.2, 0.25) is 0 Å².